The summed E-state index contributed by atoms with van der Waals surface area (Å²) in [6.45, 7) is 7.83. The number of rotatable bonds is 5. The Hall–Kier alpha value is -0.160. The van der Waals surface area contributed by atoms with Gasteiger partial charge in [-0.3, -0.25) is 0 Å². The van der Waals surface area contributed by atoms with Crippen molar-refractivity contribution < 1.29 is 10.2 Å². The molecule has 0 aliphatic heterocycles. The summed E-state index contributed by atoms with van der Waals surface area (Å²) in [5.41, 5.74) is 4.78. The van der Waals surface area contributed by atoms with Crippen molar-refractivity contribution in [3.8, 4) is 0 Å². The van der Waals surface area contributed by atoms with Gasteiger partial charge in [-0.05, 0) is 13.1 Å². The van der Waals surface area contributed by atoms with Crippen LogP contribution in [0.5, 0.6) is 0 Å². The zero-order valence-corrected chi connectivity index (χ0v) is 8.16. The lowest BCUT2D eigenvalue weighted by atomic mass is 10.5. The van der Waals surface area contributed by atoms with Crippen molar-refractivity contribution in [3.05, 3.63) is 0 Å². The Labute approximate surface area is 75.0 Å². The van der Waals surface area contributed by atoms with Crippen LogP contribution in [0.2, 0.25) is 0 Å². The minimum Gasteiger partial charge on any atom is -0.395 e. The number of nitrogens with zero attached hydrogens (tertiary/aromatic N) is 1. The normalized spacial score (nSPS) is 9.50. The van der Waals surface area contributed by atoms with Gasteiger partial charge in [-0.25, -0.2) is 0 Å². The van der Waals surface area contributed by atoms with Crippen molar-refractivity contribution in [3.63, 3.8) is 0 Å². The minimum absolute atomic E-state index is 0.0972. The maximum absolute atomic E-state index is 8.46. The molecule has 76 valence electrons. The van der Waals surface area contributed by atoms with Gasteiger partial charge in [0.25, 0.3) is 0 Å². The van der Waals surface area contributed by atoms with E-state index >= 15 is 0 Å². The molecule has 0 unspecified atom stereocenters. The van der Waals surface area contributed by atoms with Crippen molar-refractivity contribution in [2.24, 2.45) is 5.73 Å². The van der Waals surface area contributed by atoms with E-state index in [4.69, 9.17) is 15.9 Å². The minimum atomic E-state index is 0.0972. The lowest BCUT2D eigenvalue weighted by molar-refractivity contribution is 0.208. The monoisotopic (exact) mass is 178 g/mol. The smallest absolute Gasteiger partial charge is 0.0558 e. The molecule has 4 N–H and O–H groups in total. The van der Waals surface area contributed by atoms with E-state index < -0.39 is 0 Å². The molecular weight excluding hydrogens is 156 g/mol. The fraction of sp³-hybridized carbons (Fsp3) is 1.00. The van der Waals surface area contributed by atoms with Crippen molar-refractivity contribution >= 4 is 0 Å². The van der Waals surface area contributed by atoms with Crippen LogP contribution in [0.3, 0.4) is 0 Å². The first-order valence-electron chi connectivity index (χ1n) is 4.40. The van der Waals surface area contributed by atoms with E-state index in [1.807, 2.05) is 0 Å². The molecule has 0 rings (SSSR count). The van der Waals surface area contributed by atoms with Crippen molar-refractivity contribution in [2.45, 2.75) is 13.8 Å². The van der Waals surface area contributed by atoms with E-state index in [0.29, 0.717) is 6.54 Å². The Balaban J connectivity index is 0. The van der Waals surface area contributed by atoms with Crippen LogP contribution in [-0.4, -0.2) is 54.5 Å². The Morgan fingerprint density at radius 1 is 1.08 bits per heavy atom. The molecule has 0 aromatic rings. The highest BCUT2D eigenvalue weighted by atomic mass is 16.3. The molecule has 12 heavy (non-hydrogen) atoms. The summed E-state index contributed by atoms with van der Waals surface area (Å²) in [4.78, 5) is 2.18. The van der Waals surface area contributed by atoms with Crippen LogP contribution in [0.1, 0.15) is 13.8 Å². The quantitative estimate of drug-likeness (QED) is 0.518. The fourth-order valence-corrected chi connectivity index (χ4v) is 0.681. The van der Waals surface area contributed by atoms with Gasteiger partial charge in [-0.1, -0.05) is 13.8 Å². The number of aliphatic hydroxyl groups excluding tert-OH is 2. The molecule has 0 atom stereocenters. The molecule has 0 aliphatic carbocycles. The van der Waals surface area contributed by atoms with Gasteiger partial charge in [0, 0.05) is 13.1 Å². The largest absolute Gasteiger partial charge is 0.395 e. The number of hydrogen-bond donors (Lipinski definition) is 3. The lowest BCUT2D eigenvalue weighted by Gasteiger charge is -2.15. The molecule has 0 saturated carbocycles. The highest BCUT2D eigenvalue weighted by molar-refractivity contribution is 4.47. The van der Waals surface area contributed by atoms with Crippen molar-refractivity contribution in [1.82, 2.24) is 4.90 Å². The van der Waals surface area contributed by atoms with Gasteiger partial charge in [0.15, 0.2) is 0 Å². The van der Waals surface area contributed by atoms with Gasteiger partial charge in [0.2, 0.25) is 0 Å². The van der Waals surface area contributed by atoms with Crippen LogP contribution in [0.4, 0.5) is 0 Å². The summed E-state index contributed by atoms with van der Waals surface area (Å²) in [6.07, 6.45) is 0. The third-order valence-electron chi connectivity index (χ3n) is 1.44. The number of likely N-dealkylation sites (N-methyl/N-ethyl adjacent to an activating group) is 1. The third-order valence-corrected chi connectivity index (χ3v) is 1.44. The Morgan fingerprint density at radius 3 is 1.58 bits per heavy atom. The Morgan fingerprint density at radius 2 is 1.50 bits per heavy atom. The maximum atomic E-state index is 8.46. The SMILES string of the molecule is CCN(CC)CCO.NCCO. The van der Waals surface area contributed by atoms with Gasteiger partial charge in [-0.15, -0.1) is 0 Å². The summed E-state index contributed by atoms with van der Waals surface area (Å²) < 4.78 is 0. The predicted molar refractivity (Wildman–Crippen MR) is 51.0 cm³/mol. The van der Waals surface area contributed by atoms with Crippen molar-refractivity contribution in [2.75, 3.05) is 39.4 Å². The molecule has 0 aromatic heterocycles. The second-order valence-electron chi connectivity index (χ2n) is 2.26. The van der Waals surface area contributed by atoms with Crippen LogP contribution in [0.15, 0.2) is 0 Å². The topological polar surface area (TPSA) is 69.7 Å². The summed E-state index contributed by atoms with van der Waals surface area (Å²) >= 11 is 0. The van der Waals surface area contributed by atoms with Crippen molar-refractivity contribution in [1.29, 1.82) is 0 Å². The molecule has 0 heterocycles. The van der Waals surface area contributed by atoms with Gasteiger partial charge >= 0.3 is 0 Å². The van der Waals surface area contributed by atoms with Gasteiger partial charge < -0.3 is 20.8 Å². The molecule has 0 bridgehead atoms. The lowest BCUT2D eigenvalue weighted by Crippen LogP contribution is -2.25. The molecule has 0 aromatic carbocycles. The third kappa shape index (κ3) is 12.5. The molecule has 0 aliphatic rings. The highest BCUT2D eigenvalue weighted by Crippen LogP contribution is 1.82. The van der Waals surface area contributed by atoms with E-state index in [-0.39, 0.29) is 13.2 Å². The first-order valence-corrected chi connectivity index (χ1v) is 4.40. The van der Waals surface area contributed by atoms with E-state index in [1.54, 1.807) is 0 Å². The Bertz CT molecular complexity index is 66.1. The summed E-state index contributed by atoms with van der Waals surface area (Å²) in [5.74, 6) is 0. The summed E-state index contributed by atoms with van der Waals surface area (Å²) in [7, 11) is 0. The second kappa shape index (κ2) is 13.4. The van der Waals surface area contributed by atoms with Gasteiger partial charge in [0.05, 0.1) is 13.2 Å². The molecule has 0 spiro atoms. The molecule has 0 radical (unpaired) electrons. The average Bonchev–Trinajstić information content (AvgIpc) is 2.14. The standard InChI is InChI=1S/C6H15NO.C2H7NO/c1-3-7(4-2)5-6-8;3-1-2-4/h8H,3-6H2,1-2H3;4H,1-3H2. The first-order chi connectivity index (χ1) is 5.76. The summed E-state index contributed by atoms with van der Waals surface area (Å²) in [6, 6.07) is 0. The van der Waals surface area contributed by atoms with Crippen LogP contribution < -0.4 is 5.73 Å². The van der Waals surface area contributed by atoms with E-state index in [2.05, 4.69) is 18.7 Å². The zero-order valence-electron chi connectivity index (χ0n) is 8.16. The van der Waals surface area contributed by atoms with Crippen LogP contribution in [-0.2, 0) is 0 Å². The molecule has 4 nitrogen and oxygen atoms in total. The highest BCUT2D eigenvalue weighted by Gasteiger charge is 1.93. The average molecular weight is 178 g/mol. The van der Waals surface area contributed by atoms with E-state index in [9.17, 15) is 0 Å². The number of hydrogen-bond acceptors (Lipinski definition) is 4. The first kappa shape index (κ1) is 14.4. The molecule has 0 fully saturated rings. The maximum Gasteiger partial charge on any atom is 0.0558 e. The van der Waals surface area contributed by atoms with Gasteiger partial charge in [0.1, 0.15) is 0 Å². The van der Waals surface area contributed by atoms with Crippen LogP contribution in [0.25, 0.3) is 0 Å². The van der Waals surface area contributed by atoms with E-state index in [0.717, 1.165) is 19.6 Å². The zero-order chi connectivity index (χ0) is 9.82. The molecule has 4 heteroatoms. The number of aliphatic hydroxyl groups is 2. The van der Waals surface area contributed by atoms with E-state index in [1.165, 1.54) is 0 Å². The molecule has 0 saturated heterocycles. The Kier molecular flexibility index (Phi) is 16.1. The number of nitrogens with two attached hydrogens (primary N) is 1. The molecular formula is C8H22N2O2. The molecule has 0 amide bonds. The summed E-state index contributed by atoms with van der Waals surface area (Å²) in [5, 5.41) is 16.2. The second-order valence-corrected chi connectivity index (χ2v) is 2.26. The van der Waals surface area contributed by atoms with Gasteiger partial charge in [-0.2, -0.15) is 0 Å². The predicted octanol–water partition coefficient (Wildman–Crippen LogP) is -0.742. The van der Waals surface area contributed by atoms with Crippen LogP contribution >= 0.6 is 0 Å². The fourth-order valence-electron chi connectivity index (χ4n) is 0.681. The van der Waals surface area contributed by atoms with Crippen LogP contribution in [0, 0.1) is 0 Å².